The molecule has 3 unspecified atom stereocenters. The smallest absolute Gasteiger partial charge is 0.462 e. The van der Waals surface area contributed by atoms with E-state index < -0.39 is 120 Å². The number of aliphatic hydroxyl groups is 1. The van der Waals surface area contributed by atoms with Crippen LogP contribution in [-0.4, -0.2) is 171 Å². The van der Waals surface area contributed by atoms with Crippen molar-refractivity contribution in [3.8, 4) is 0 Å². The van der Waals surface area contributed by atoms with Crippen molar-refractivity contribution < 1.29 is 154 Å². The van der Waals surface area contributed by atoms with Gasteiger partial charge in [0.1, 0.15) is 26.4 Å². The highest BCUT2D eigenvalue weighted by Gasteiger charge is 2.45. The van der Waals surface area contributed by atoms with Crippen LogP contribution in [0.1, 0.15) is 89.0 Å². The van der Waals surface area contributed by atoms with E-state index in [1.54, 1.807) is 55.4 Å². The summed E-state index contributed by atoms with van der Waals surface area (Å²) in [5.74, 6) is -9.03. The Labute approximate surface area is 475 Å². The third kappa shape index (κ3) is 41.7. The van der Waals surface area contributed by atoms with Gasteiger partial charge in [-0.2, -0.15) is 4.99 Å². The first-order chi connectivity index (χ1) is 38.0. The number of hydrogen-bond donors (Lipinski definition) is 5. The van der Waals surface area contributed by atoms with Crippen LogP contribution in [-0.2, 0) is 130 Å². The number of carbonyl (C=O) groups excluding carboxylic acids is 6. The summed E-state index contributed by atoms with van der Waals surface area (Å²) in [6.07, 6.45) is 0.532. The lowest BCUT2D eigenvalue weighted by atomic mass is 10.4. The number of aliphatic hydroxyl groups excluding tert-OH is 1. The molecule has 0 saturated heterocycles. The maximum atomic E-state index is 13.1. The highest BCUT2D eigenvalue weighted by Crippen LogP contribution is 2.62. The van der Waals surface area contributed by atoms with Crippen molar-refractivity contribution in [3.63, 3.8) is 0 Å². The number of phosphoric acid groups is 3. The van der Waals surface area contributed by atoms with E-state index in [0.717, 1.165) is 0 Å². The van der Waals surface area contributed by atoms with Crippen LogP contribution in [0.2, 0.25) is 0 Å². The molecule has 3 atom stereocenters. The second kappa shape index (κ2) is 46.0. The first kappa shape index (κ1) is 85.1. The van der Waals surface area contributed by atoms with E-state index in [2.05, 4.69) is 43.5 Å². The van der Waals surface area contributed by atoms with Gasteiger partial charge in [-0.1, -0.05) is 19.7 Å². The Bertz CT molecular complexity index is 2270. The van der Waals surface area contributed by atoms with Gasteiger partial charge in [-0.05, 0) is 76.2 Å². The molecule has 0 aliphatic carbocycles. The molecule has 0 saturated carbocycles. The van der Waals surface area contributed by atoms with Crippen molar-refractivity contribution in [2.45, 2.75) is 107 Å². The van der Waals surface area contributed by atoms with Gasteiger partial charge < -0.3 is 66.5 Å². The molecule has 0 aromatic carbocycles. The van der Waals surface area contributed by atoms with Crippen LogP contribution in [0.15, 0.2) is 41.4 Å². The van der Waals surface area contributed by atoms with Gasteiger partial charge in [-0.3, -0.25) is 55.0 Å². The van der Waals surface area contributed by atoms with Crippen LogP contribution < -0.4 is 0 Å². The number of carbonyl (C=O) groups is 5. The van der Waals surface area contributed by atoms with Crippen molar-refractivity contribution in [3.05, 3.63) is 36.5 Å². The molecule has 0 radical (unpaired) electrons. The summed E-state index contributed by atoms with van der Waals surface area (Å²) in [7, 11) is -26.1. The van der Waals surface area contributed by atoms with Crippen LogP contribution in [0.5, 0.6) is 0 Å². The molecule has 0 spiro atoms. The molecule has 34 nitrogen and oxygen atoms in total. The Kier molecular flexibility index (Phi) is 47.7. The standard InChI is InChI=1S/C17H32O11P2.C10H24O8P2.C9H16O11P2.C6H7NO3/c1-7-24-29(20,25-8-2)16(28-30(21,26-9-3)27-10-4)13-23-15(18)11-12-22-17(19)14(5)6;1-5-14-19(12,15-6-2)10(9-11)18-20(13,16-7-3)17-8-4;1-6(2)9(11)18-4-3-7(10)19-5-8(21(12,13)14)20-22(15,16)17;1-5(2)6(9)10-4-7-3-8/h16H,5,7-13H2,1-4,6H3;10-11H,5-9H2,1-4H3;8H,1,3-5H2,2H3,(H2,12,13,14)(H2,15,16,17);1,4H2,2H3. The number of esters is 5. The maximum Gasteiger partial charge on any atom is 0.475 e. The Hall–Kier alpha value is -3.31. The van der Waals surface area contributed by atoms with E-state index in [1.807, 2.05) is 0 Å². The SMILES string of the molecule is C=C(C)C(=O)OCCC(=O)OCC(OP(=O)(O)O)P(=O)(O)O.C=C(C)C(=O)OCCC(=O)OCC(OP(=O)(OCC)OCC)P(=O)(OCC)OCC.C=C(C)C(=O)OCN=C=O.CCOP(=O)(OCC)OC(CO)P(=O)(OCC)OCC. The summed E-state index contributed by atoms with van der Waals surface area (Å²) in [5, 5.41) is 9.33. The molecule has 0 bridgehead atoms. The summed E-state index contributed by atoms with van der Waals surface area (Å²) in [5.41, 5.74) is 0.583. The van der Waals surface area contributed by atoms with Crippen molar-refractivity contribution >= 4 is 82.2 Å². The van der Waals surface area contributed by atoms with Crippen molar-refractivity contribution in [1.82, 2.24) is 0 Å². The molecule has 0 heterocycles. The summed E-state index contributed by atoms with van der Waals surface area (Å²) < 4.78 is 150. The van der Waals surface area contributed by atoms with Crippen molar-refractivity contribution in [2.24, 2.45) is 4.99 Å². The summed E-state index contributed by atoms with van der Waals surface area (Å²) >= 11 is 0. The number of nitrogens with zero attached hydrogens (tertiary/aromatic N) is 1. The fourth-order valence-corrected chi connectivity index (χ4v) is 12.6. The lowest BCUT2D eigenvalue weighted by Crippen LogP contribution is -2.25. The first-order valence-electron chi connectivity index (χ1n) is 24.1. The fourth-order valence-electron chi connectivity index (χ4n) is 4.39. The molecular weight excluding hydrogens is 1230 g/mol. The largest absolute Gasteiger partial charge is 0.475 e. The van der Waals surface area contributed by atoms with Gasteiger partial charge in [0.15, 0.2) is 12.6 Å². The average molecular weight is 1310 g/mol. The molecule has 0 aromatic rings. The number of hydrogen-bond acceptors (Lipinski definition) is 30. The molecule has 0 fully saturated rings. The summed E-state index contributed by atoms with van der Waals surface area (Å²) in [6.45, 7) is 24.2. The number of phosphoric ester groups is 3. The predicted molar refractivity (Wildman–Crippen MR) is 286 cm³/mol. The quantitative estimate of drug-likeness (QED) is 0.0107. The van der Waals surface area contributed by atoms with E-state index in [4.69, 9.17) is 74.3 Å². The second-order valence-electron chi connectivity index (χ2n) is 14.5. The lowest BCUT2D eigenvalue weighted by Gasteiger charge is -2.28. The van der Waals surface area contributed by atoms with Gasteiger partial charge in [-0.15, -0.1) is 0 Å². The fraction of sp³-hybridized carbons (Fsp3) is 0.714. The minimum Gasteiger partial charge on any atom is -0.462 e. The zero-order valence-electron chi connectivity index (χ0n) is 47.5. The van der Waals surface area contributed by atoms with Crippen molar-refractivity contribution in [1.29, 1.82) is 0 Å². The van der Waals surface area contributed by atoms with E-state index in [1.165, 1.54) is 26.9 Å². The van der Waals surface area contributed by atoms with Crippen molar-refractivity contribution in [2.75, 3.05) is 92.6 Å². The molecule has 0 amide bonds. The molecule has 0 aliphatic rings. The van der Waals surface area contributed by atoms with Crippen LogP contribution in [0.4, 0.5) is 0 Å². The average Bonchev–Trinajstić information content (AvgIpc) is 3.40. The van der Waals surface area contributed by atoms with Gasteiger partial charge in [0.05, 0.1) is 72.3 Å². The normalized spacial score (nSPS) is 12.8. The maximum absolute atomic E-state index is 13.1. The molecule has 0 aromatic heterocycles. The molecule has 480 valence electrons. The number of aliphatic imine (C=N–C) groups is 1. The van der Waals surface area contributed by atoms with Crippen LogP contribution >= 0.6 is 46.3 Å². The molecule has 40 heteroatoms. The lowest BCUT2D eigenvalue weighted by molar-refractivity contribution is -0.150. The minimum absolute atomic E-state index is 0.00445. The third-order valence-electron chi connectivity index (χ3n) is 7.60. The number of rotatable bonds is 41. The molecule has 82 heavy (non-hydrogen) atoms. The molecular formula is C42H79NO33P6. The Morgan fingerprint density at radius 2 is 0.768 bits per heavy atom. The van der Waals surface area contributed by atoms with Gasteiger partial charge >= 0.3 is 76.1 Å². The Morgan fingerprint density at radius 3 is 1.05 bits per heavy atom. The molecule has 0 rings (SSSR count). The number of ether oxygens (including phenoxy) is 5. The Balaban J connectivity index is -0.000000522. The second-order valence-corrected chi connectivity index (χ2v) is 25.1. The van der Waals surface area contributed by atoms with Gasteiger partial charge in [-0.25, -0.2) is 32.9 Å². The van der Waals surface area contributed by atoms with Gasteiger partial charge in [0.2, 0.25) is 17.8 Å². The third-order valence-corrected chi connectivity index (χ3v) is 17.4. The topological polar surface area (TPSA) is 466 Å². The highest BCUT2D eigenvalue weighted by molar-refractivity contribution is 7.56. The monoisotopic (exact) mass is 1310 g/mol. The molecule has 0 aliphatic heterocycles. The van der Waals surface area contributed by atoms with E-state index >= 15 is 0 Å². The minimum atomic E-state index is -5.19. The predicted octanol–water partition coefficient (Wildman–Crippen LogP) is 6.65. The Morgan fingerprint density at radius 1 is 0.463 bits per heavy atom. The number of isocyanates is 1. The summed E-state index contributed by atoms with van der Waals surface area (Å²) in [4.78, 5) is 103. The van der Waals surface area contributed by atoms with Crippen LogP contribution in [0.25, 0.3) is 0 Å². The highest BCUT2D eigenvalue weighted by atomic mass is 31.2. The van der Waals surface area contributed by atoms with Crippen LogP contribution in [0.3, 0.4) is 0 Å². The van der Waals surface area contributed by atoms with Gasteiger partial charge in [0.25, 0.3) is 0 Å². The van der Waals surface area contributed by atoms with E-state index in [9.17, 15) is 61.3 Å². The first-order valence-corrected chi connectivity index (χ1v) is 33.5. The molecule has 5 N–H and O–H groups in total. The zero-order valence-corrected chi connectivity index (χ0v) is 52.8. The van der Waals surface area contributed by atoms with Gasteiger partial charge in [0, 0.05) is 16.7 Å². The van der Waals surface area contributed by atoms with E-state index in [0.29, 0.717) is 0 Å². The summed E-state index contributed by atoms with van der Waals surface area (Å²) in [6, 6.07) is 0. The van der Waals surface area contributed by atoms with Crippen LogP contribution in [0, 0.1) is 0 Å². The zero-order chi connectivity index (χ0) is 64.4. The van der Waals surface area contributed by atoms with E-state index in [-0.39, 0.29) is 95.9 Å².